The Morgan fingerprint density at radius 1 is 1.53 bits per heavy atom. The van der Waals surface area contributed by atoms with E-state index in [4.69, 9.17) is 16.3 Å². The van der Waals surface area contributed by atoms with Gasteiger partial charge in [-0.25, -0.2) is 0 Å². The Balaban J connectivity index is 2.17. The fraction of sp³-hybridized carbons (Fsp3) is 0.545. The molecule has 0 aromatic carbocycles. The summed E-state index contributed by atoms with van der Waals surface area (Å²) in [6.45, 7) is 6.13. The predicted octanol–water partition coefficient (Wildman–Crippen LogP) is 2.19. The fourth-order valence-electron chi connectivity index (χ4n) is 1.21. The summed E-state index contributed by atoms with van der Waals surface area (Å²) < 4.78 is 5.14. The number of halogens is 1. The minimum absolute atomic E-state index is 0.0108. The molecule has 5 nitrogen and oxygen atoms in total. The summed E-state index contributed by atoms with van der Waals surface area (Å²) in [5, 5.41) is 10.7. The standard InChI is InChI=1S/C11H14ClN3O2/c1-11(2,3)10(16)13-8-4-6(7-5-17-7)9(12)15-14-8/h4,7H,5H2,1-3H3,(H,13,14,16). The SMILES string of the molecule is CC(C)(C)C(=O)Nc1cc(C2CO2)c(Cl)nn1. The molecule has 0 saturated carbocycles. The van der Waals surface area contributed by atoms with Gasteiger partial charge in [0, 0.05) is 11.0 Å². The first kappa shape index (κ1) is 12.3. The van der Waals surface area contributed by atoms with Crippen molar-refractivity contribution in [3.8, 4) is 0 Å². The number of epoxide rings is 1. The highest BCUT2D eigenvalue weighted by Gasteiger charge is 2.29. The highest BCUT2D eigenvalue weighted by molar-refractivity contribution is 6.30. The van der Waals surface area contributed by atoms with Crippen molar-refractivity contribution in [1.29, 1.82) is 0 Å². The van der Waals surface area contributed by atoms with Gasteiger partial charge in [-0.15, -0.1) is 10.2 Å². The second-order valence-electron chi connectivity index (χ2n) is 5.00. The largest absolute Gasteiger partial charge is 0.368 e. The predicted molar refractivity (Wildman–Crippen MR) is 63.8 cm³/mol. The van der Waals surface area contributed by atoms with E-state index in [0.717, 1.165) is 5.56 Å². The Labute approximate surface area is 105 Å². The highest BCUT2D eigenvalue weighted by atomic mass is 35.5. The number of ether oxygens (including phenoxy) is 1. The van der Waals surface area contributed by atoms with Crippen molar-refractivity contribution in [1.82, 2.24) is 10.2 Å². The van der Waals surface area contributed by atoms with Gasteiger partial charge in [0.2, 0.25) is 5.91 Å². The number of hydrogen-bond acceptors (Lipinski definition) is 4. The number of nitrogens with one attached hydrogen (secondary N) is 1. The fourth-order valence-corrected chi connectivity index (χ4v) is 1.42. The van der Waals surface area contributed by atoms with Crippen LogP contribution >= 0.6 is 11.6 Å². The molecule has 6 heteroatoms. The van der Waals surface area contributed by atoms with E-state index in [2.05, 4.69) is 15.5 Å². The Hall–Kier alpha value is -1.20. The molecule has 1 aliphatic rings. The lowest BCUT2D eigenvalue weighted by molar-refractivity contribution is -0.123. The molecule has 1 amide bonds. The lowest BCUT2D eigenvalue weighted by Crippen LogP contribution is -2.28. The number of anilines is 1. The number of aromatic nitrogens is 2. The van der Waals surface area contributed by atoms with Crippen molar-refractivity contribution in [2.45, 2.75) is 26.9 Å². The van der Waals surface area contributed by atoms with E-state index in [1.807, 2.05) is 20.8 Å². The maximum atomic E-state index is 11.8. The Bertz CT molecular complexity index is 453. The zero-order chi connectivity index (χ0) is 12.6. The lowest BCUT2D eigenvalue weighted by atomic mass is 9.96. The van der Waals surface area contributed by atoms with Crippen LogP contribution in [-0.2, 0) is 9.53 Å². The van der Waals surface area contributed by atoms with Gasteiger partial charge in [0.1, 0.15) is 6.10 Å². The number of rotatable bonds is 2. The summed E-state index contributed by atoms with van der Waals surface area (Å²) in [6.07, 6.45) is -0.0108. The normalized spacial score (nSPS) is 18.9. The first-order valence-electron chi connectivity index (χ1n) is 5.34. The molecular formula is C11H14ClN3O2. The van der Waals surface area contributed by atoms with Crippen LogP contribution in [0.5, 0.6) is 0 Å². The van der Waals surface area contributed by atoms with Crippen molar-refractivity contribution < 1.29 is 9.53 Å². The summed E-state index contributed by atoms with van der Waals surface area (Å²) in [5.74, 6) is 0.289. The zero-order valence-corrected chi connectivity index (χ0v) is 10.7. The van der Waals surface area contributed by atoms with E-state index in [1.54, 1.807) is 6.07 Å². The Morgan fingerprint density at radius 2 is 2.18 bits per heavy atom. The maximum absolute atomic E-state index is 11.8. The van der Waals surface area contributed by atoms with E-state index in [0.29, 0.717) is 17.6 Å². The van der Waals surface area contributed by atoms with Crippen molar-refractivity contribution in [3.05, 3.63) is 16.8 Å². The molecule has 0 bridgehead atoms. The van der Waals surface area contributed by atoms with Crippen molar-refractivity contribution in [2.75, 3.05) is 11.9 Å². The summed E-state index contributed by atoms with van der Waals surface area (Å²) in [7, 11) is 0. The molecule has 2 rings (SSSR count). The van der Waals surface area contributed by atoms with E-state index in [1.165, 1.54) is 0 Å². The van der Waals surface area contributed by atoms with Crippen LogP contribution in [0.3, 0.4) is 0 Å². The van der Waals surface area contributed by atoms with Crippen molar-refractivity contribution in [3.63, 3.8) is 0 Å². The number of carbonyl (C=O) groups is 1. The molecule has 92 valence electrons. The van der Waals surface area contributed by atoms with Crippen LogP contribution in [-0.4, -0.2) is 22.7 Å². The average Bonchev–Trinajstić information content (AvgIpc) is 3.03. The van der Waals surface area contributed by atoms with Gasteiger partial charge >= 0.3 is 0 Å². The van der Waals surface area contributed by atoms with E-state index < -0.39 is 5.41 Å². The van der Waals surface area contributed by atoms with Gasteiger partial charge in [-0.1, -0.05) is 32.4 Å². The van der Waals surface area contributed by atoms with Gasteiger partial charge in [-0.2, -0.15) is 0 Å². The van der Waals surface area contributed by atoms with Crippen LogP contribution < -0.4 is 5.32 Å². The molecule has 1 aliphatic heterocycles. The third kappa shape index (κ3) is 2.92. The van der Waals surface area contributed by atoms with Crippen LogP contribution in [0.2, 0.25) is 5.15 Å². The molecule has 2 heterocycles. The highest BCUT2D eigenvalue weighted by Crippen LogP contribution is 2.34. The molecule has 1 atom stereocenters. The quantitative estimate of drug-likeness (QED) is 0.823. The minimum Gasteiger partial charge on any atom is -0.368 e. The molecule has 1 aromatic heterocycles. The van der Waals surface area contributed by atoms with E-state index in [-0.39, 0.29) is 12.0 Å². The van der Waals surface area contributed by atoms with Gasteiger partial charge < -0.3 is 10.1 Å². The second kappa shape index (κ2) is 4.23. The molecule has 1 unspecified atom stereocenters. The molecule has 0 radical (unpaired) electrons. The molecule has 1 saturated heterocycles. The number of carbonyl (C=O) groups excluding carboxylic acids is 1. The molecule has 1 N–H and O–H groups in total. The number of amides is 1. The Morgan fingerprint density at radius 3 is 2.71 bits per heavy atom. The monoisotopic (exact) mass is 255 g/mol. The van der Waals surface area contributed by atoms with Crippen molar-refractivity contribution in [2.24, 2.45) is 5.41 Å². The summed E-state index contributed by atoms with van der Waals surface area (Å²) >= 11 is 5.89. The van der Waals surface area contributed by atoms with E-state index >= 15 is 0 Å². The van der Waals surface area contributed by atoms with Gasteiger partial charge in [-0.3, -0.25) is 4.79 Å². The van der Waals surface area contributed by atoms with Gasteiger partial charge in [0.15, 0.2) is 11.0 Å². The van der Waals surface area contributed by atoms with Crippen LogP contribution in [0.25, 0.3) is 0 Å². The molecule has 17 heavy (non-hydrogen) atoms. The first-order valence-corrected chi connectivity index (χ1v) is 5.72. The molecular weight excluding hydrogens is 242 g/mol. The summed E-state index contributed by atoms with van der Waals surface area (Å²) in [5.41, 5.74) is 0.295. The molecule has 0 spiro atoms. The maximum Gasteiger partial charge on any atom is 0.230 e. The van der Waals surface area contributed by atoms with Crippen LogP contribution in [0.1, 0.15) is 32.4 Å². The first-order chi connectivity index (χ1) is 7.88. The molecule has 0 aliphatic carbocycles. The lowest BCUT2D eigenvalue weighted by Gasteiger charge is -2.17. The summed E-state index contributed by atoms with van der Waals surface area (Å²) in [6, 6.07) is 1.70. The minimum atomic E-state index is -0.475. The van der Waals surface area contributed by atoms with Gasteiger partial charge in [0.25, 0.3) is 0 Å². The zero-order valence-electron chi connectivity index (χ0n) is 9.95. The van der Waals surface area contributed by atoms with Gasteiger partial charge in [0.05, 0.1) is 6.61 Å². The van der Waals surface area contributed by atoms with Crippen LogP contribution in [0, 0.1) is 5.41 Å². The smallest absolute Gasteiger partial charge is 0.230 e. The third-order valence-corrected chi connectivity index (χ3v) is 2.67. The Kier molecular flexibility index (Phi) is 3.05. The van der Waals surface area contributed by atoms with Gasteiger partial charge in [-0.05, 0) is 6.07 Å². The van der Waals surface area contributed by atoms with Crippen LogP contribution in [0.4, 0.5) is 5.82 Å². The van der Waals surface area contributed by atoms with Crippen molar-refractivity contribution >= 4 is 23.3 Å². The third-order valence-electron chi connectivity index (χ3n) is 2.38. The number of hydrogen-bond donors (Lipinski definition) is 1. The summed E-state index contributed by atoms with van der Waals surface area (Å²) in [4.78, 5) is 11.8. The number of nitrogens with zero attached hydrogens (tertiary/aromatic N) is 2. The topological polar surface area (TPSA) is 67.4 Å². The molecule has 1 fully saturated rings. The molecule has 1 aromatic rings. The van der Waals surface area contributed by atoms with E-state index in [9.17, 15) is 4.79 Å². The second-order valence-corrected chi connectivity index (χ2v) is 5.36. The van der Waals surface area contributed by atoms with Crippen LogP contribution in [0.15, 0.2) is 6.07 Å². The average molecular weight is 256 g/mol.